The molecule has 1 heterocycles. The topological polar surface area (TPSA) is 54.0 Å². The average molecular weight is 320 g/mol. The molecule has 0 aliphatic heterocycles. The molecule has 0 radical (unpaired) electrons. The summed E-state index contributed by atoms with van der Waals surface area (Å²) in [5, 5.41) is 5.78. The molecule has 2 N–H and O–H groups in total. The predicted octanol–water partition coefficient (Wildman–Crippen LogP) is 3.45. The highest BCUT2D eigenvalue weighted by molar-refractivity contribution is 9.10. The van der Waals surface area contributed by atoms with Crippen molar-refractivity contribution in [1.29, 1.82) is 0 Å². The van der Waals surface area contributed by atoms with Crippen molar-refractivity contribution in [3.05, 3.63) is 52.1 Å². The number of benzene rings is 1. The lowest BCUT2D eigenvalue weighted by atomic mass is 10.2. The molecule has 5 heteroatoms. The van der Waals surface area contributed by atoms with E-state index in [1.165, 1.54) is 0 Å². The van der Waals surface area contributed by atoms with Gasteiger partial charge in [0.15, 0.2) is 0 Å². The summed E-state index contributed by atoms with van der Waals surface area (Å²) in [6.07, 6.45) is 1.60. The van der Waals surface area contributed by atoms with Crippen LogP contribution in [-0.4, -0.2) is 17.9 Å². The fourth-order valence-corrected chi connectivity index (χ4v) is 2.01. The lowest BCUT2D eigenvalue weighted by Crippen LogP contribution is -2.13. The summed E-state index contributed by atoms with van der Waals surface area (Å²) in [6, 6.07) is 9.13. The van der Waals surface area contributed by atoms with Gasteiger partial charge in [0.05, 0.1) is 5.69 Å². The lowest BCUT2D eigenvalue weighted by Gasteiger charge is -2.09. The second-order valence-corrected chi connectivity index (χ2v) is 4.86. The second-order valence-electron chi connectivity index (χ2n) is 4.07. The van der Waals surface area contributed by atoms with Crippen LogP contribution in [0.25, 0.3) is 0 Å². The zero-order valence-electron chi connectivity index (χ0n) is 10.7. The van der Waals surface area contributed by atoms with E-state index in [1.807, 2.05) is 25.1 Å². The Labute approximate surface area is 120 Å². The molecule has 0 unspecified atom stereocenters. The Bertz CT molecular complexity index is 613. The van der Waals surface area contributed by atoms with Gasteiger partial charge in [-0.15, -0.1) is 0 Å². The van der Waals surface area contributed by atoms with Crippen LogP contribution in [0.15, 0.2) is 41.0 Å². The number of aryl methyl sites for hydroxylation is 1. The standard InChI is InChI=1S/C14H14BrN3O/c1-9-4-3-5-11(13(9)15)18-14(19)10-6-7-17-12(8-10)16-2/h3-8H,1-2H3,(H,16,17)(H,18,19). The van der Waals surface area contributed by atoms with Crippen molar-refractivity contribution in [2.24, 2.45) is 0 Å². The molecule has 2 rings (SSSR count). The third kappa shape index (κ3) is 3.12. The number of carbonyl (C=O) groups excluding carboxylic acids is 1. The largest absolute Gasteiger partial charge is 0.373 e. The molecule has 0 bridgehead atoms. The summed E-state index contributed by atoms with van der Waals surface area (Å²) in [4.78, 5) is 16.2. The molecule has 0 aliphatic rings. The first-order valence-corrected chi connectivity index (χ1v) is 6.61. The maximum Gasteiger partial charge on any atom is 0.255 e. The number of halogens is 1. The summed E-state index contributed by atoms with van der Waals surface area (Å²) < 4.78 is 0.895. The number of pyridine rings is 1. The Balaban J connectivity index is 2.23. The predicted molar refractivity (Wildman–Crippen MR) is 80.6 cm³/mol. The molecule has 0 fully saturated rings. The molecule has 0 atom stereocenters. The van der Waals surface area contributed by atoms with Crippen LogP contribution < -0.4 is 10.6 Å². The maximum atomic E-state index is 12.2. The van der Waals surface area contributed by atoms with E-state index >= 15 is 0 Å². The second kappa shape index (κ2) is 5.84. The third-order valence-electron chi connectivity index (χ3n) is 2.72. The quantitative estimate of drug-likeness (QED) is 0.911. The van der Waals surface area contributed by atoms with E-state index in [0.29, 0.717) is 11.4 Å². The molecule has 19 heavy (non-hydrogen) atoms. The van der Waals surface area contributed by atoms with Gasteiger partial charge in [-0.3, -0.25) is 4.79 Å². The fraction of sp³-hybridized carbons (Fsp3) is 0.143. The minimum atomic E-state index is -0.162. The third-order valence-corrected chi connectivity index (χ3v) is 3.77. The zero-order chi connectivity index (χ0) is 13.8. The highest BCUT2D eigenvalue weighted by Gasteiger charge is 2.09. The molecule has 0 saturated carbocycles. The van der Waals surface area contributed by atoms with Crippen LogP contribution in [0.2, 0.25) is 0 Å². The summed E-state index contributed by atoms with van der Waals surface area (Å²) >= 11 is 3.47. The van der Waals surface area contributed by atoms with Crippen LogP contribution in [0.1, 0.15) is 15.9 Å². The Morgan fingerprint density at radius 1 is 1.32 bits per heavy atom. The van der Waals surface area contributed by atoms with Crippen molar-refractivity contribution in [1.82, 2.24) is 4.98 Å². The molecule has 1 aromatic heterocycles. The molecule has 4 nitrogen and oxygen atoms in total. The summed E-state index contributed by atoms with van der Waals surface area (Å²) in [6.45, 7) is 1.98. The summed E-state index contributed by atoms with van der Waals surface area (Å²) in [5.74, 6) is 0.501. The van der Waals surface area contributed by atoms with Crippen molar-refractivity contribution >= 4 is 33.3 Å². The molecule has 98 valence electrons. The number of hydrogen-bond acceptors (Lipinski definition) is 3. The number of aromatic nitrogens is 1. The van der Waals surface area contributed by atoms with Gasteiger partial charge in [0.2, 0.25) is 0 Å². The number of amides is 1. The molecule has 0 saturated heterocycles. The van der Waals surface area contributed by atoms with Crippen LogP contribution in [0.4, 0.5) is 11.5 Å². The molecule has 1 aromatic carbocycles. The monoisotopic (exact) mass is 319 g/mol. The van der Waals surface area contributed by atoms with Gasteiger partial charge in [0.1, 0.15) is 5.82 Å². The van der Waals surface area contributed by atoms with Crippen LogP contribution in [-0.2, 0) is 0 Å². The first-order chi connectivity index (χ1) is 9.11. The van der Waals surface area contributed by atoms with Gasteiger partial charge in [0, 0.05) is 23.3 Å². The Kier molecular flexibility index (Phi) is 4.16. The van der Waals surface area contributed by atoms with E-state index in [0.717, 1.165) is 15.7 Å². The van der Waals surface area contributed by atoms with Gasteiger partial charge in [-0.25, -0.2) is 4.98 Å². The SMILES string of the molecule is CNc1cc(C(=O)Nc2cccc(C)c2Br)ccn1. The maximum absolute atomic E-state index is 12.2. The molecular weight excluding hydrogens is 306 g/mol. The summed E-state index contributed by atoms with van der Waals surface area (Å²) in [5.41, 5.74) is 2.39. The van der Waals surface area contributed by atoms with Gasteiger partial charge >= 0.3 is 0 Å². The van der Waals surface area contributed by atoms with Crippen molar-refractivity contribution in [2.45, 2.75) is 6.92 Å². The Hall–Kier alpha value is -1.88. The van der Waals surface area contributed by atoms with Gasteiger partial charge in [-0.05, 0) is 46.6 Å². The van der Waals surface area contributed by atoms with Crippen LogP contribution >= 0.6 is 15.9 Å². The molecule has 2 aromatic rings. The number of hydrogen-bond donors (Lipinski definition) is 2. The van der Waals surface area contributed by atoms with E-state index in [2.05, 4.69) is 31.5 Å². The zero-order valence-corrected chi connectivity index (χ0v) is 12.3. The Morgan fingerprint density at radius 2 is 2.11 bits per heavy atom. The highest BCUT2D eigenvalue weighted by atomic mass is 79.9. The minimum absolute atomic E-state index is 0.162. The van der Waals surface area contributed by atoms with Gasteiger partial charge in [0.25, 0.3) is 5.91 Å². The van der Waals surface area contributed by atoms with Gasteiger partial charge in [-0.1, -0.05) is 12.1 Å². The molecule has 0 spiro atoms. The number of carbonyl (C=O) groups is 1. The van der Waals surface area contributed by atoms with Crippen molar-refractivity contribution in [2.75, 3.05) is 17.7 Å². The van der Waals surface area contributed by atoms with Crippen LogP contribution in [0.3, 0.4) is 0 Å². The first kappa shape index (κ1) is 13.5. The molecular formula is C14H14BrN3O. The van der Waals surface area contributed by atoms with E-state index in [4.69, 9.17) is 0 Å². The molecule has 1 amide bonds. The van der Waals surface area contributed by atoms with E-state index in [9.17, 15) is 4.79 Å². The lowest BCUT2D eigenvalue weighted by molar-refractivity contribution is 0.102. The van der Waals surface area contributed by atoms with Crippen LogP contribution in [0.5, 0.6) is 0 Å². The number of anilines is 2. The Morgan fingerprint density at radius 3 is 2.84 bits per heavy atom. The van der Waals surface area contributed by atoms with E-state index in [-0.39, 0.29) is 5.91 Å². The number of nitrogens with zero attached hydrogens (tertiary/aromatic N) is 1. The summed E-state index contributed by atoms with van der Waals surface area (Å²) in [7, 11) is 1.77. The number of nitrogens with one attached hydrogen (secondary N) is 2. The average Bonchev–Trinajstić information content (AvgIpc) is 2.44. The normalized spacial score (nSPS) is 10.1. The van der Waals surface area contributed by atoms with E-state index in [1.54, 1.807) is 25.4 Å². The van der Waals surface area contributed by atoms with Crippen molar-refractivity contribution in [3.8, 4) is 0 Å². The van der Waals surface area contributed by atoms with Crippen molar-refractivity contribution in [3.63, 3.8) is 0 Å². The molecule has 0 aliphatic carbocycles. The van der Waals surface area contributed by atoms with E-state index < -0.39 is 0 Å². The fourth-order valence-electron chi connectivity index (χ4n) is 1.65. The smallest absolute Gasteiger partial charge is 0.255 e. The highest BCUT2D eigenvalue weighted by Crippen LogP contribution is 2.26. The van der Waals surface area contributed by atoms with Gasteiger partial charge < -0.3 is 10.6 Å². The van der Waals surface area contributed by atoms with Crippen molar-refractivity contribution < 1.29 is 4.79 Å². The minimum Gasteiger partial charge on any atom is -0.373 e. The van der Waals surface area contributed by atoms with Gasteiger partial charge in [-0.2, -0.15) is 0 Å². The van der Waals surface area contributed by atoms with Crippen LogP contribution in [0, 0.1) is 6.92 Å². The first-order valence-electron chi connectivity index (χ1n) is 5.82. The number of rotatable bonds is 3.